The Morgan fingerprint density at radius 3 is 2.74 bits per heavy atom. The van der Waals surface area contributed by atoms with E-state index in [4.69, 9.17) is 4.74 Å². The third-order valence-corrected chi connectivity index (χ3v) is 5.58. The van der Waals surface area contributed by atoms with Crippen LogP contribution in [0.1, 0.15) is 45.1 Å². The van der Waals surface area contributed by atoms with Crippen molar-refractivity contribution in [1.82, 2.24) is 19.8 Å². The third kappa shape index (κ3) is 5.39. The third-order valence-electron chi connectivity index (χ3n) is 5.58. The number of carbonyl (C=O) groups excluding carboxylic acids is 1. The molecule has 27 heavy (non-hydrogen) atoms. The number of methoxy groups -OCH3 is 1. The fraction of sp³-hybridized carbons (Fsp3) is 0.750. The van der Waals surface area contributed by atoms with Gasteiger partial charge in [-0.2, -0.15) is 0 Å². The van der Waals surface area contributed by atoms with E-state index in [1.54, 1.807) is 7.11 Å². The minimum atomic E-state index is 0.222. The highest BCUT2D eigenvalue weighted by molar-refractivity contribution is 5.77. The molecule has 2 aliphatic rings. The Morgan fingerprint density at radius 1 is 1.26 bits per heavy atom. The van der Waals surface area contributed by atoms with Crippen LogP contribution >= 0.6 is 0 Å². The number of aromatic nitrogens is 2. The predicted molar refractivity (Wildman–Crippen MR) is 105 cm³/mol. The van der Waals surface area contributed by atoms with Crippen molar-refractivity contribution in [2.45, 2.75) is 52.1 Å². The van der Waals surface area contributed by atoms with Crippen LogP contribution in [0.25, 0.3) is 0 Å². The molecule has 1 N–H and O–H groups in total. The Kier molecular flexibility index (Phi) is 6.65. The summed E-state index contributed by atoms with van der Waals surface area (Å²) in [5.74, 6) is 0.958. The molecule has 2 saturated heterocycles. The molecule has 7 nitrogen and oxygen atoms in total. The van der Waals surface area contributed by atoms with E-state index in [1.807, 2.05) is 17.3 Å². The van der Waals surface area contributed by atoms with Gasteiger partial charge in [0, 0.05) is 69.1 Å². The molecule has 1 unspecified atom stereocenters. The highest BCUT2D eigenvalue weighted by Gasteiger charge is 2.41. The number of ether oxygens (including phenoxy) is 1. The van der Waals surface area contributed by atoms with Crippen molar-refractivity contribution in [2.24, 2.45) is 5.41 Å². The summed E-state index contributed by atoms with van der Waals surface area (Å²) < 4.78 is 5.18. The zero-order valence-electron chi connectivity index (χ0n) is 16.9. The minimum Gasteiger partial charge on any atom is -0.383 e. The number of hydrogen-bond acceptors (Lipinski definition) is 6. The number of anilines is 1. The summed E-state index contributed by atoms with van der Waals surface area (Å²) in [7, 11) is 1.69. The van der Waals surface area contributed by atoms with Crippen LogP contribution in [0.2, 0.25) is 0 Å². The second-order valence-corrected chi connectivity index (χ2v) is 8.34. The summed E-state index contributed by atoms with van der Waals surface area (Å²) in [6, 6.07) is 0.327. The molecule has 1 amide bonds. The number of carbonyl (C=O) groups is 1. The first-order chi connectivity index (χ1) is 13.0. The maximum Gasteiger partial charge on any atom is 0.222 e. The van der Waals surface area contributed by atoms with Gasteiger partial charge in [-0.1, -0.05) is 0 Å². The molecule has 2 fully saturated rings. The Bertz CT molecular complexity index is 621. The van der Waals surface area contributed by atoms with Crippen LogP contribution in [-0.4, -0.2) is 71.6 Å². The topological polar surface area (TPSA) is 70.6 Å². The van der Waals surface area contributed by atoms with Gasteiger partial charge in [0.05, 0.1) is 6.61 Å². The Morgan fingerprint density at radius 2 is 2.04 bits per heavy atom. The average Bonchev–Trinajstić information content (AvgIpc) is 2.64. The maximum atomic E-state index is 12.2. The van der Waals surface area contributed by atoms with Gasteiger partial charge in [-0.15, -0.1) is 0 Å². The summed E-state index contributed by atoms with van der Waals surface area (Å²) >= 11 is 0. The summed E-state index contributed by atoms with van der Waals surface area (Å²) in [5.41, 5.74) is 1.37. The van der Waals surface area contributed by atoms with Gasteiger partial charge in [0.2, 0.25) is 11.9 Å². The van der Waals surface area contributed by atoms with Gasteiger partial charge in [-0.05, 0) is 39.7 Å². The number of nitrogens with one attached hydrogen (secondary N) is 1. The van der Waals surface area contributed by atoms with E-state index in [-0.39, 0.29) is 11.3 Å². The zero-order chi connectivity index (χ0) is 19.3. The molecule has 3 heterocycles. The molecule has 1 aromatic heterocycles. The predicted octanol–water partition coefficient (Wildman–Crippen LogP) is 2.15. The van der Waals surface area contributed by atoms with Gasteiger partial charge >= 0.3 is 0 Å². The first-order valence-corrected chi connectivity index (χ1v) is 10.1. The number of amides is 1. The summed E-state index contributed by atoms with van der Waals surface area (Å²) in [5, 5.41) is 3.22. The van der Waals surface area contributed by atoms with E-state index in [2.05, 4.69) is 34.0 Å². The van der Waals surface area contributed by atoms with Crippen LogP contribution in [0.4, 0.5) is 5.95 Å². The van der Waals surface area contributed by atoms with Crippen molar-refractivity contribution in [3.63, 3.8) is 0 Å². The Hall–Kier alpha value is -1.73. The van der Waals surface area contributed by atoms with Crippen molar-refractivity contribution >= 4 is 11.9 Å². The monoisotopic (exact) mass is 375 g/mol. The minimum absolute atomic E-state index is 0.222. The quantitative estimate of drug-likeness (QED) is 0.787. The van der Waals surface area contributed by atoms with Crippen LogP contribution in [0.5, 0.6) is 0 Å². The molecule has 7 heteroatoms. The maximum absolute atomic E-state index is 12.2. The van der Waals surface area contributed by atoms with Crippen LogP contribution in [-0.2, 0) is 16.1 Å². The fourth-order valence-corrected chi connectivity index (χ4v) is 4.31. The summed E-state index contributed by atoms with van der Waals surface area (Å²) in [6.07, 6.45) is 7.90. The second kappa shape index (κ2) is 8.97. The first-order valence-electron chi connectivity index (χ1n) is 10.1. The highest BCUT2D eigenvalue weighted by atomic mass is 16.5. The lowest BCUT2D eigenvalue weighted by atomic mass is 9.73. The van der Waals surface area contributed by atoms with Gasteiger partial charge in [0.25, 0.3) is 0 Å². The van der Waals surface area contributed by atoms with E-state index >= 15 is 0 Å². The van der Waals surface area contributed by atoms with Crippen molar-refractivity contribution in [3.8, 4) is 0 Å². The number of likely N-dealkylation sites (tertiary alicyclic amines) is 2. The van der Waals surface area contributed by atoms with Gasteiger partial charge in [0.15, 0.2) is 0 Å². The lowest BCUT2D eigenvalue weighted by Gasteiger charge is -2.48. The molecule has 150 valence electrons. The standard InChI is InChI=1S/C20H33N5O2/c1-16(2)23-19-21-11-17(12-22-19)13-24-8-4-6-20(14-24)7-5-18(26)25(15-20)9-10-27-3/h11-12,16H,4-10,13-15H2,1-3H3,(H,21,22,23). The van der Waals surface area contributed by atoms with Gasteiger partial charge in [-0.25, -0.2) is 9.97 Å². The lowest BCUT2D eigenvalue weighted by Crippen LogP contribution is -2.54. The molecular formula is C20H33N5O2. The van der Waals surface area contributed by atoms with Gasteiger partial charge in [0.1, 0.15) is 0 Å². The number of nitrogens with zero attached hydrogens (tertiary/aromatic N) is 4. The molecule has 2 aliphatic heterocycles. The van der Waals surface area contributed by atoms with E-state index in [0.29, 0.717) is 31.6 Å². The second-order valence-electron chi connectivity index (χ2n) is 8.34. The highest BCUT2D eigenvalue weighted by Crippen LogP contribution is 2.39. The molecule has 3 rings (SSSR count). The van der Waals surface area contributed by atoms with Crippen LogP contribution in [0.15, 0.2) is 12.4 Å². The van der Waals surface area contributed by atoms with Crippen molar-refractivity contribution in [1.29, 1.82) is 0 Å². The van der Waals surface area contributed by atoms with E-state index in [9.17, 15) is 4.79 Å². The largest absolute Gasteiger partial charge is 0.383 e. The Balaban J connectivity index is 1.59. The fourth-order valence-electron chi connectivity index (χ4n) is 4.31. The molecule has 0 saturated carbocycles. The molecule has 1 aromatic rings. The lowest BCUT2D eigenvalue weighted by molar-refractivity contribution is -0.140. The molecule has 0 aliphatic carbocycles. The van der Waals surface area contributed by atoms with Crippen molar-refractivity contribution < 1.29 is 9.53 Å². The van der Waals surface area contributed by atoms with E-state index < -0.39 is 0 Å². The summed E-state index contributed by atoms with van der Waals surface area (Å²) in [6.45, 7) is 9.34. The molecule has 1 atom stereocenters. The first kappa shape index (κ1) is 20.0. The summed E-state index contributed by atoms with van der Waals surface area (Å²) in [4.78, 5) is 25.6. The SMILES string of the molecule is COCCN1CC2(CCCN(Cc3cnc(NC(C)C)nc3)C2)CCC1=O. The smallest absolute Gasteiger partial charge is 0.222 e. The molecule has 0 aromatic carbocycles. The van der Waals surface area contributed by atoms with Crippen LogP contribution < -0.4 is 5.32 Å². The zero-order valence-corrected chi connectivity index (χ0v) is 16.9. The van der Waals surface area contributed by atoms with Crippen LogP contribution in [0, 0.1) is 5.41 Å². The molecule has 0 bridgehead atoms. The van der Waals surface area contributed by atoms with Gasteiger partial charge < -0.3 is 15.0 Å². The number of piperidine rings is 2. The van der Waals surface area contributed by atoms with E-state index in [0.717, 1.165) is 38.2 Å². The van der Waals surface area contributed by atoms with E-state index in [1.165, 1.54) is 12.8 Å². The number of hydrogen-bond donors (Lipinski definition) is 1. The normalized spacial score (nSPS) is 24.0. The molecular weight excluding hydrogens is 342 g/mol. The van der Waals surface area contributed by atoms with Gasteiger partial charge in [-0.3, -0.25) is 9.69 Å². The average molecular weight is 376 g/mol. The van der Waals surface area contributed by atoms with Crippen molar-refractivity contribution in [2.75, 3.05) is 45.2 Å². The molecule has 0 radical (unpaired) electrons. The number of rotatable bonds is 7. The van der Waals surface area contributed by atoms with Crippen molar-refractivity contribution in [3.05, 3.63) is 18.0 Å². The molecule has 1 spiro atoms. The Labute approximate surface area is 162 Å². The van der Waals surface area contributed by atoms with Crippen LogP contribution in [0.3, 0.4) is 0 Å².